The van der Waals surface area contributed by atoms with Crippen LogP contribution in [0.2, 0.25) is 0 Å². The van der Waals surface area contributed by atoms with E-state index in [1.807, 2.05) is 29.3 Å². The molecule has 0 aliphatic rings. The number of benzene rings is 3. The van der Waals surface area contributed by atoms with Crippen LogP contribution < -0.4 is 0 Å². The molecule has 2 heteroatoms. The normalized spacial score (nSPS) is 12.0. The minimum absolute atomic E-state index is 0.0161. The molecule has 0 radical (unpaired) electrons. The Bertz CT molecular complexity index is 745. The van der Waals surface area contributed by atoms with Gasteiger partial charge in [-0.2, -0.15) is 5.06 Å². The van der Waals surface area contributed by atoms with Crippen LogP contribution in [0.15, 0.2) is 104 Å². The molecule has 0 aromatic heterocycles. The molecule has 0 spiro atoms. The Labute approximate surface area is 162 Å². The summed E-state index contributed by atoms with van der Waals surface area (Å²) >= 11 is 0. The van der Waals surface area contributed by atoms with E-state index in [2.05, 4.69) is 79.4 Å². The van der Waals surface area contributed by atoms with Crippen LogP contribution in [0.4, 0.5) is 0 Å². The first-order valence-corrected chi connectivity index (χ1v) is 9.49. The number of aryl methyl sites for hydroxylation is 1. The molecule has 0 heterocycles. The Morgan fingerprint density at radius 2 is 1.15 bits per heavy atom. The van der Waals surface area contributed by atoms with Crippen LogP contribution in [0.25, 0.3) is 0 Å². The average molecular weight is 357 g/mol. The SMILES string of the molecule is C=C[C@@H](CCc1ccccc1)ON(Cc1ccccc1)Cc1ccccc1. The first-order chi connectivity index (χ1) is 13.3. The maximum Gasteiger partial charge on any atom is 0.0974 e. The Kier molecular flexibility index (Phi) is 7.40. The van der Waals surface area contributed by atoms with E-state index >= 15 is 0 Å². The molecule has 0 unspecified atom stereocenters. The van der Waals surface area contributed by atoms with E-state index in [1.165, 1.54) is 16.7 Å². The van der Waals surface area contributed by atoms with Gasteiger partial charge in [-0.3, -0.25) is 4.84 Å². The van der Waals surface area contributed by atoms with Crippen LogP contribution in [0.3, 0.4) is 0 Å². The van der Waals surface area contributed by atoms with E-state index in [4.69, 9.17) is 4.84 Å². The van der Waals surface area contributed by atoms with Crippen molar-refractivity contribution >= 4 is 0 Å². The van der Waals surface area contributed by atoms with Gasteiger partial charge in [0.2, 0.25) is 0 Å². The lowest BCUT2D eigenvalue weighted by molar-refractivity contribution is -0.199. The average Bonchev–Trinajstić information content (AvgIpc) is 2.73. The van der Waals surface area contributed by atoms with Gasteiger partial charge in [0.05, 0.1) is 6.10 Å². The van der Waals surface area contributed by atoms with Crippen molar-refractivity contribution in [3.05, 3.63) is 120 Å². The molecule has 27 heavy (non-hydrogen) atoms. The third-order valence-electron chi connectivity index (χ3n) is 4.51. The van der Waals surface area contributed by atoms with Crippen LogP contribution in [0.5, 0.6) is 0 Å². The lowest BCUT2D eigenvalue weighted by Gasteiger charge is -2.26. The lowest BCUT2D eigenvalue weighted by atomic mass is 10.1. The topological polar surface area (TPSA) is 12.5 Å². The fourth-order valence-corrected chi connectivity index (χ4v) is 3.06. The first kappa shape index (κ1) is 19.1. The van der Waals surface area contributed by atoms with Crippen LogP contribution in [-0.2, 0) is 24.3 Å². The van der Waals surface area contributed by atoms with E-state index in [9.17, 15) is 0 Å². The molecule has 0 amide bonds. The molecule has 0 aliphatic heterocycles. The number of rotatable bonds is 10. The minimum Gasteiger partial charge on any atom is -0.291 e. The third-order valence-corrected chi connectivity index (χ3v) is 4.51. The van der Waals surface area contributed by atoms with Crippen molar-refractivity contribution in [1.29, 1.82) is 0 Å². The number of hydroxylamine groups is 2. The summed E-state index contributed by atoms with van der Waals surface area (Å²) in [6.45, 7) is 5.47. The Hall–Kier alpha value is -2.68. The number of nitrogens with zero attached hydrogens (tertiary/aromatic N) is 1. The van der Waals surface area contributed by atoms with Crippen molar-refractivity contribution in [3.63, 3.8) is 0 Å². The highest BCUT2D eigenvalue weighted by molar-refractivity contribution is 5.17. The monoisotopic (exact) mass is 357 g/mol. The predicted molar refractivity (Wildman–Crippen MR) is 112 cm³/mol. The summed E-state index contributed by atoms with van der Waals surface area (Å²) in [4.78, 5) is 6.34. The summed E-state index contributed by atoms with van der Waals surface area (Å²) in [5.74, 6) is 0. The van der Waals surface area contributed by atoms with Crippen LogP contribution >= 0.6 is 0 Å². The molecule has 138 valence electrons. The van der Waals surface area contributed by atoms with Gasteiger partial charge in [0, 0.05) is 13.1 Å². The molecule has 0 N–H and O–H groups in total. The molecule has 0 saturated carbocycles. The highest BCUT2D eigenvalue weighted by atomic mass is 16.7. The Morgan fingerprint density at radius 1 is 0.704 bits per heavy atom. The van der Waals surface area contributed by atoms with Gasteiger partial charge in [0.1, 0.15) is 0 Å². The highest BCUT2D eigenvalue weighted by Gasteiger charge is 2.14. The molecule has 1 atom stereocenters. The fraction of sp³-hybridized carbons (Fsp3) is 0.200. The largest absolute Gasteiger partial charge is 0.291 e. The Morgan fingerprint density at radius 3 is 1.59 bits per heavy atom. The molecular formula is C25H27NO. The molecule has 2 nitrogen and oxygen atoms in total. The molecule has 3 aromatic rings. The first-order valence-electron chi connectivity index (χ1n) is 9.49. The zero-order chi connectivity index (χ0) is 18.7. The number of hydrogen-bond donors (Lipinski definition) is 0. The summed E-state index contributed by atoms with van der Waals surface area (Å²) in [6.07, 6.45) is 3.78. The molecule has 0 aliphatic carbocycles. The zero-order valence-corrected chi connectivity index (χ0v) is 15.7. The molecule has 0 saturated heterocycles. The molecule has 3 rings (SSSR count). The zero-order valence-electron chi connectivity index (χ0n) is 15.7. The van der Waals surface area contributed by atoms with Crippen molar-refractivity contribution < 1.29 is 4.84 Å². The minimum atomic E-state index is -0.0161. The molecule has 3 aromatic carbocycles. The summed E-state index contributed by atoms with van der Waals surface area (Å²) in [6, 6.07) is 31.4. The van der Waals surface area contributed by atoms with Gasteiger partial charge in [-0.1, -0.05) is 97.1 Å². The van der Waals surface area contributed by atoms with Crippen LogP contribution in [0, 0.1) is 0 Å². The van der Waals surface area contributed by atoms with Gasteiger partial charge in [-0.15, -0.1) is 6.58 Å². The van der Waals surface area contributed by atoms with E-state index in [0.29, 0.717) is 0 Å². The quantitative estimate of drug-likeness (QED) is 0.335. The van der Waals surface area contributed by atoms with Crippen LogP contribution in [-0.4, -0.2) is 11.2 Å². The van der Waals surface area contributed by atoms with Crippen molar-refractivity contribution in [1.82, 2.24) is 5.06 Å². The van der Waals surface area contributed by atoms with Gasteiger partial charge in [-0.05, 0) is 29.5 Å². The second kappa shape index (κ2) is 10.5. The second-order valence-corrected chi connectivity index (χ2v) is 6.67. The van der Waals surface area contributed by atoms with Crippen molar-refractivity contribution in [2.45, 2.75) is 32.0 Å². The summed E-state index contributed by atoms with van der Waals surface area (Å²) in [5.41, 5.74) is 3.80. The lowest BCUT2D eigenvalue weighted by Crippen LogP contribution is -2.28. The van der Waals surface area contributed by atoms with Crippen LogP contribution in [0.1, 0.15) is 23.1 Å². The fourth-order valence-electron chi connectivity index (χ4n) is 3.06. The van der Waals surface area contributed by atoms with Gasteiger partial charge in [-0.25, -0.2) is 0 Å². The highest BCUT2D eigenvalue weighted by Crippen LogP contribution is 2.15. The maximum absolute atomic E-state index is 6.34. The third kappa shape index (κ3) is 6.52. The molecule has 0 bridgehead atoms. The summed E-state index contributed by atoms with van der Waals surface area (Å²) < 4.78 is 0. The summed E-state index contributed by atoms with van der Waals surface area (Å²) in [7, 11) is 0. The van der Waals surface area contributed by atoms with Gasteiger partial charge >= 0.3 is 0 Å². The van der Waals surface area contributed by atoms with Crippen molar-refractivity contribution in [3.8, 4) is 0 Å². The number of hydrogen-bond acceptors (Lipinski definition) is 2. The van der Waals surface area contributed by atoms with Crippen molar-refractivity contribution in [2.24, 2.45) is 0 Å². The van der Waals surface area contributed by atoms with E-state index in [0.717, 1.165) is 25.9 Å². The predicted octanol–water partition coefficient (Wildman–Crippen LogP) is 5.81. The van der Waals surface area contributed by atoms with E-state index < -0.39 is 0 Å². The van der Waals surface area contributed by atoms with Gasteiger partial charge in [0.15, 0.2) is 0 Å². The van der Waals surface area contributed by atoms with E-state index in [1.54, 1.807) is 0 Å². The molecular weight excluding hydrogens is 330 g/mol. The van der Waals surface area contributed by atoms with Gasteiger partial charge < -0.3 is 0 Å². The Balaban J connectivity index is 1.65. The smallest absolute Gasteiger partial charge is 0.0974 e. The summed E-state index contributed by atoms with van der Waals surface area (Å²) in [5, 5.41) is 2.04. The van der Waals surface area contributed by atoms with Crippen molar-refractivity contribution in [2.75, 3.05) is 0 Å². The van der Waals surface area contributed by atoms with E-state index in [-0.39, 0.29) is 6.10 Å². The molecule has 0 fully saturated rings. The van der Waals surface area contributed by atoms with Gasteiger partial charge in [0.25, 0.3) is 0 Å². The second-order valence-electron chi connectivity index (χ2n) is 6.67. The maximum atomic E-state index is 6.34. The standard InChI is InChI=1S/C25H27NO/c1-2-25(19-18-22-12-6-3-7-13-22)27-26(20-23-14-8-4-9-15-23)21-24-16-10-5-11-17-24/h2-17,25H,1,18-21H2/t25-/m0/s1.